The van der Waals surface area contributed by atoms with Crippen molar-refractivity contribution in [1.82, 2.24) is 5.01 Å². The van der Waals surface area contributed by atoms with Gasteiger partial charge in [-0.2, -0.15) is 0 Å². The lowest BCUT2D eigenvalue weighted by molar-refractivity contribution is -0.714. The minimum Gasteiger partial charge on any atom is -0.569 e. The van der Waals surface area contributed by atoms with Crippen LogP contribution in [-0.4, -0.2) is 45.9 Å². The van der Waals surface area contributed by atoms with Crippen LogP contribution in [-0.2, 0) is 19.2 Å². The molecule has 1 saturated heterocycles. The number of carboxylic acids is 1. The van der Waals surface area contributed by atoms with Gasteiger partial charge in [0.25, 0.3) is 6.29 Å². The smallest absolute Gasteiger partial charge is 0.332 e. The fourth-order valence-corrected chi connectivity index (χ4v) is 1.71. The number of hydrogen-bond donors (Lipinski definition) is 1. The molecule has 1 N–H and O–H groups in total. The third-order valence-electron chi connectivity index (χ3n) is 2.88. The predicted octanol–water partition coefficient (Wildman–Crippen LogP) is 1.28. The summed E-state index contributed by atoms with van der Waals surface area (Å²) >= 11 is 0. The number of carboxylic acid groups (broad SMARTS) is 1. The number of carbonyl (C=O) groups is 2. The molecule has 1 unspecified atom stereocenters. The van der Waals surface area contributed by atoms with E-state index in [0.717, 1.165) is 5.01 Å². The summed E-state index contributed by atoms with van der Waals surface area (Å²) in [7, 11) is 0. The van der Waals surface area contributed by atoms with Gasteiger partial charge in [0, 0.05) is 6.92 Å². The van der Waals surface area contributed by atoms with E-state index in [2.05, 4.69) is 5.28 Å². The first-order chi connectivity index (χ1) is 9.62. The van der Waals surface area contributed by atoms with Gasteiger partial charge in [-0.1, -0.05) is 0 Å². The topological polar surface area (TPSA) is 114 Å². The molecule has 0 aromatic rings. The summed E-state index contributed by atoms with van der Waals surface area (Å²) in [5, 5.41) is 24.9. The fourth-order valence-electron chi connectivity index (χ4n) is 1.71. The average Bonchev–Trinajstić information content (AvgIpc) is 2.84. The summed E-state index contributed by atoms with van der Waals surface area (Å²) < 4.78 is 4.95. The molecule has 0 aromatic carbocycles. The molecule has 0 radical (unpaired) electrons. The third kappa shape index (κ3) is 4.76. The lowest BCUT2D eigenvalue weighted by Gasteiger charge is -2.19. The molecule has 0 saturated carbocycles. The molecule has 0 spiro atoms. The van der Waals surface area contributed by atoms with Crippen LogP contribution in [0.2, 0.25) is 0 Å². The summed E-state index contributed by atoms with van der Waals surface area (Å²) in [6.45, 7) is 6.74. The van der Waals surface area contributed by atoms with E-state index in [4.69, 9.17) is 14.7 Å². The van der Waals surface area contributed by atoms with Crippen LogP contribution >= 0.6 is 0 Å². The number of hydrazine groups is 1. The van der Waals surface area contributed by atoms with Gasteiger partial charge in [0.1, 0.15) is 0 Å². The van der Waals surface area contributed by atoms with Crippen LogP contribution in [0.4, 0.5) is 0 Å². The monoisotopic (exact) mass is 303 g/mol. The van der Waals surface area contributed by atoms with Crippen LogP contribution in [0.5, 0.6) is 0 Å². The van der Waals surface area contributed by atoms with Crippen molar-refractivity contribution in [3.8, 4) is 0 Å². The van der Waals surface area contributed by atoms with E-state index < -0.39 is 29.7 Å². The molecule has 0 bridgehead atoms. The van der Waals surface area contributed by atoms with Crippen molar-refractivity contribution in [1.29, 1.82) is 0 Å². The van der Waals surface area contributed by atoms with Crippen molar-refractivity contribution in [3.05, 3.63) is 5.21 Å². The summed E-state index contributed by atoms with van der Waals surface area (Å²) in [5.41, 5.74) is -0.696. The van der Waals surface area contributed by atoms with E-state index >= 15 is 0 Å². The van der Waals surface area contributed by atoms with Crippen molar-refractivity contribution in [2.24, 2.45) is 10.7 Å². The molecule has 9 heteroatoms. The van der Waals surface area contributed by atoms with Gasteiger partial charge in [-0.3, -0.25) is 9.63 Å². The zero-order valence-corrected chi connectivity index (χ0v) is 12.6. The predicted molar refractivity (Wildman–Crippen MR) is 69.5 cm³/mol. The van der Waals surface area contributed by atoms with E-state index in [0.29, 0.717) is 12.8 Å². The fraction of sp³-hybridized carbons (Fsp3) is 0.833. The molecule has 0 aromatic heterocycles. The summed E-state index contributed by atoms with van der Waals surface area (Å²) in [4.78, 5) is 27.4. The van der Waals surface area contributed by atoms with E-state index in [-0.39, 0.29) is 11.5 Å². The van der Waals surface area contributed by atoms with Crippen LogP contribution in [0.3, 0.4) is 0 Å². The Morgan fingerprint density at radius 1 is 1.48 bits per heavy atom. The van der Waals surface area contributed by atoms with Crippen LogP contribution in [0.1, 0.15) is 40.5 Å². The molecule has 1 fully saturated rings. The molecule has 1 aliphatic heterocycles. The molecule has 120 valence electrons. The Morgan fingerprint density at radius 3 is 2.62 bits per heavy atom. The van der Waals surface area contributed by atoms with Crippen molar-refractivity contribution >= 4 is 11.9 Å². The van der Waals surface area contributed by atoms with Gasteiger partial charge < -0.3 is 15.1 Å². The SMILES string of the molecule is CC(O/N=[N+](\[O-])N1CCC[C@H]1C(=O)O)OC(=O)C(C)(C)C. The van der Waals surface area contributed by atoms with Crippen LogP contribution in [0.25, 0.3) is 0 Å². The molecular formula is C12H21N3O6. The molecule has 1 rings (SSSR count). The molecule has 1 aliphatic rings. The highest BCUT2D eigenvalue weighted by Crippen LogP contribution is 2.18. The molecule has 0 amide bonds. The standard InChI is InChI=1S/C12H21N3O6/c1-8(20-11(18)12(2,3)4)21-13-15(19)14-7-5-6-9(14)10(16)17/h8-9H,5-7H2,1-4H3,(H,16,17)/b15-13-/t8?,9-/m0/s1. The first kappa shape index (κ1) is 17.0. The first-order valence-corrected chi connectivity index (χ1v) is 6.67. The van der Waals surface area contributed by atoms with E-state index in [1.165, 1.54) is 6.92 Å². The molecule has 21 heavy (non-hydrogen) atoms. The molecular weight excluding hydrogens is 282 g/mol. The first-order valence-electron chi connectivity index (χ1n) is 6.67. The zero-order valence-electron chi connectivity index (χ0n) is 12.6. The zero-order chi connectivity index (χ0) is 16.2. The average molecular weight is 303 g/mol. The number of carbonyl (C=O) groups excluding carboxylic acids is 1. The minimum absolute atomic E-state index is 0.0905. The quantitative estimate of drug-likeness (QED) is 0.267. The number of esters is 1. The Labute approximate surface area is 122 Å². The third-order valence-corrected chi connectivity index (χ3v) is 2.88. The maximum Gasteiger partial charge on any atom is 0.332 e. The van der Waals surface area contributed by atoms with Crippen molar-refractivity contribution in [3.63, 3.8) is 0 Å². The highest BCUT2D eigenvalue weighted by molar-refractivity contribution is 5.75. The number of nitrogens with zero attached hydrogens (tertiary/aromatic N) is 3. The van der Waals surface area contributed by atoms with Crippen molar-refractivity contribution in [2.75, 3.05) is 6.54 Å². The summed E-state index contributed by atoms with van der Waals surface area (Å²) in [6.07, 6.45) is -0.0862. The Kier molecular flexibility index (Phi) is 5.34. The van der Waals surface area contributed by atoms with Crippen molar-refractivity contribution in [2.45, 2.75) is 52.9 Å². The number of hydrogen-bond acceptors (Lipinski definition) is 6. The van der Waals surface area contributed by atoms with Crippen LogP contribution in [0, 0.1) is 10.6 Å². The van der Waals surface area contributed by atoms with Gasteiger partial charge in [-0.15, -0.1) is 5.01 Å². The van der Waals surface area contributed by atoms with Gasteiger partial charge in [-0.05, 0) is 33.6 Å². The second kappa shape index (κ2) is 6.59. The van der Waals surface area contributed by atoms with Crippen LogP contribution in [0.15, 0.2) is 5.28 Å². The van der Waals surface area contributed by atoms with Gasteiger partial charge in [0.2, 0.25) is 5.28 Å². The largest absolute Gasteiger partial charge is 0.569 e. The van der Waals surface area contributed by atoms with Gasteiger partial charge in [-0.25, -0.2) is 4.79 Å². The van der Waals surface area contributed by atoms with Crippen molar-refractivity contribution < 1.29 is 29.2 Å². The van der Waals surface area contributed by atoms with Crippen LogP contribution < -0.4 is 0 Å². The van der Waals surface area contributed by atoms with Gasteiger partial charge in [0.15, 0.2) is 6.04 Å². The van der Waals surface area contributed by atoms with Gasteiger partial charge >= 0.3 is 11.9 Å². The summed E-state index contributed by atoms with van der Waals surface area (Å²) in [5.74, 6) is -1.58. The normalized spacial score (nSPS) is 21.0. The molecule has 2 atom stereocenters. The molecule has 1 heterocycles. The number of aliphatic carboxylic acids is 1. The lowest BCUT2D eigenvalue weighted by Crippen LogP contribution is -2.40. The minimum atomic E-state index is -1.09. The van der Waals surface area contributed by atoms with Gasteiger partial charge in [0.05, 0.1) is 16.9 Å². The van der Waals surface area contributed by atoms with E-state index in [1.807, 2.05) is 0 Å². The highest BCUT2D eigenvalue weighted by atomic mass is 16.8. The Balaban J connectivity index is 2.55. The van der Waals surface area contributed by atoms with E-state index in [1.54, 1.807) is 20.8 Å². The van der Waals surface area contributed by atoms with E-state index in [9.17, 15) is 14.8 Å². The second-order valence-corrected chi connectivity index (χ2v) is 5.82. The lowest BCUT2D eigenvalue weighted by atomic mass is 9.97. The summed E-state index contributed by atoms with van der Waals surface area (Å²) in [6, 6.07) is -0.915. The highest BCUT2D eigenvalue weighted by Gasteiger charge is 2.37. The second-order valence-electron chi connectivity index (χ2n) is 5.82. The molecule has 9 nitrogen and oxygen atoms in total. The maximum absolute atomic E-state index is 11.7. The Bertz CT molecular complexity index is 431. The number of rotatable bonds is 5. The Hall–Kier alpha value is -2.06. The molecule has 0 aliphatic carbocycles. The maximum atomic E-state index is 11.7. The number of ether oxygens (including phenoxy) is 1. The Morgan fingerprint density at radius 2 is 2.10 bits per heavy atom.